The molecule has 0 aliphatic carbocycles. The first kappa shape index (κ1) is 20.5. The Morgan fingerprint density at radius 2 is 1.79 bits per heavy atom. The van der Waals surface area contributed by atoms with Crippen molar-refractivity contribution in [2.45, 2.75) is 25.8 Å². The Bertz CT molecular complexity index is 958. The molecule has 0 fully saturated rings. The zero-order chi connectivity index (χ0) is 20.6. The van der Waals surface area contributed by atoms with E-state index in [-0.39, 0.29) is 11.8 Å². The largest absolute Gasteiger partial charge is 0.497 e. The molecule has 1 heterocycles. The molecule has 2 aromatic carbocycles. The molecule has 7 nitrogen and oxygen atoms in total. The minimum Gasteiger partial charge on any atom is -0.497 e. The predicted molar refractivity (Wildman–Crippen MR) is 113 cm³/mol. The van der Waals surface area contributed by atoms with Crippen molar-refractivity contribution in [2.75, 3.05) is 12.4 Å². The molecule has 0 unspecified atom stereocenters. The third-order valence-corrected chi connectivity index (χ3v) is 5.13. The Morgan fingerprint density at radius 1 is 1.07 bits per heavy atom. The van der Waals surface area contributed by atoms with Crippen LogP contribution in [0.2, 0.25) is 0 Å². The highest BCUT2D eigenvalue weighted by atomic mass is 32.1. The number of nitrogens with one attached hydrogen (secondary N) is 2. The highest BCUT2D eigenvalue weighted by Gasteiger charge is 2.17. The number of methoxy groups -OCH3 is 1. The van der Waals surface area contributed by atoms with Gasteiger partial charge >= 0.3 is 0 Å². The summed E-state index contributed by atoms with van der Waals surface area (Å²) in [5, 5.41) is 14.6. The summed E-state index contributed by atoms with van der Waals surface area (Å²) < 4.78 is 5.14. The lowest BCUT2D eigenvalue weighted by molar-refractivity contribution is -0.126. The minimum atomic E-state index is -0.674. The molecule has 2 N–H and O–H groups in total. The molecule has 0 aliphatic heterocycles. The lowest BCUT2D eigenvalue weighted by atomic mass is 10.1. The zero-order valence-corrected chi connectivity index (χ0v) is 17.0. The summed E-state index contributed by atoms with van der Waals surface area (Å²) >= 11 is 1.26. The monoisotopic (exact) mass is 410 g/mol. The molecule has 2 amide bonds. The number of ether oxygens (including phenoxy) is 1. The first-order chi connectivity index (χ1) is 14.0. The van der Waals surface area contributed by atoms with Gasteiger partial charge in [0.05, 0.1) is 7.11 Å². The topological polar surface area (TPSA) is 93.2 Å². The summed E-state index contributed by atoms with van der Waals surface area (Å²) in [5.74, 6) is 0.242. The van der Waals surface area contributed by atoms with Gasteiger partial charge in [-0.3, -0.25) is 14.9 Å². The van der Waals surface area contributed by atoms with E-state index in [1.54, 1.807) is 14.0 Å². The number of benzene rings is 2. The van der Waals surface area contributed by atoms with Gasteiger partial charge in [0.2, 0.25) is 16.9 Å². The molecular weight excluding hydrogens is 388 g/mol. The van der Waals surface area contributed by atoms with E-state index in [2.05, 4.69) is 20.8 Å². The number of nitrogens with zero attached hydrogens (tertiary/aromatic N) is 2. The minimum absolute atomic E-state index is 0.173. The third kappa shape index (κ3) is 5.86. The second-order valence-electron chi connectivity index (χ2n) is 6.40. The van der Waals surface area contributed by atoms with Gasteiger partial charge in [0.15, 0.2) is 0 Å². The first-order valence-corrected chi connectivity index (χ1v) is 9.99. The predicted octanol–water partition coefficient (Wildman–Crippen LogP) is 3.29. The average molecular weight is 410 g/mol. The lowest BCUT2D eigenvalue weighted by Gasteiger charge is -2.12. The highest BCUT2D eigenvalue weighted by molar-refractivity contribution is 7.18. The van der Waals surface area contributed by atoms with Crippen molar-refractivity contribution in [1.82, 2.24) is 15.5 Å². The third-order valence-electron chi connectivity index (χ3n) is 4.25. The number of amides is 2. The zero-order valence-electron chi connectivity index (χ0n) is 16.2. The van der Waals surface area contributed by atoms with Gasteiger partial charge in [-0.05, 0) is 43.2 Å². The Kier molecular flexibility index (Phi) is 6.91. The summed E-state index contributed by atoms with van der Waals surface area (Å²) in [6.45, 7) is 1.64. The van der Waals surface area contributed by atoms with Crippen LogP contribution >= 0.6 is 11.3 Å². The Morgan fingerprint density at radius 3 is 2.48 bits per heavy atom. The molecule has 0 saturated carbocycles. The Balaban J connectivity index is 1.50. The Labute approximate surface area is 173 Å². The van der Waals surface area contributed by atoms with Crippen LogP contribution in [0.5, 0.6) is 5.75 Å². The fraction of sp³-hybridized carbons (Fsp3) is 0.238. The van der Waals surface area contributed by atoms with Crippen LogP contribution in [0, 0.1) is 0 Å². The maximum Gasteiger partial charge on any atom is 0.248 e. The highest BCUT2D eigenvalue weighted by Crippen LogP contribution is 2.27. The molecule has 0 bridgehead atoms. The molecule has 8 heteroatoms. The molecule has 0 radical (unpaired) electrons. The summed E-state index contributed by atoms with van der Waals surface area (Å²) in [6, 6.07) is 16.5. The van der Waals surface area contributed by atoms with E-state index in [1.165, 1.54) is 11.3 Å². The number of anilines is 1. The number of aryl methyl sites for hydroxylation is 1. The maximum atomic E-state index is 12.3. The summed E-state index contributed by atoms with van der Waals surface area (Å²) in [6.07, 6.45) is 0.949. The summed E-state index contributed by atoms with van der Waals surface area (Å²) in [4.78, 5) is 24.4. The van der Waals surface area contributed by atoms with E-state index >= 15 is 0 Å². The van der Waals surface area contributed by atoms with Crippen molar-refractivity contribution in [3.05, 3.63) is 60.2 Å². The van der Waals surface area contributed by atoms with Gasteiger partial charge in [0.1, 0.15) is 16.8 Å². The molecule has 29 heavy (non-hydrogen) atoms. The van der Waals surface area contributed by atoms with Crippen molar-refractivity contribution >= 4 is 28.3 Å². The Hall–Kier alpha value is -3.26. The number of aromatic nitrogens is 2. The van der Waals surface area contributed by atoms with Crippen LogP contribution in [0.15, 0.2) is 54.6 Å². The van der Waals surface area contributed by atoms with Gasteiger partial charge in [-0.1, -0.05) is 41.7 Å². The van der Waals surface area contributed by atoms with E-state index in [0.717, 1.165) is 16.9 Å². The van der Waals surface area contributed by atoms with Crippen LogP contribution in [0.4, 0.5) is 5.13 Å². The summed E-state index contributed by atoms with van der Waals surface area (Å²) in [7, 11) is 1.61. The lowest BCUT2D eigenvalue weighted by Crippen LogP contribution is -2.41. The van der Waals surface area contributed by atoms with Crippen molar-refractivity contribution in [1.29, 1.82) is 0 Å². The van der Waals surface area contributed by atoms with E-state index < -0.39 is 6.04 Å². The van der Waals surface area contributed by atoms with Gasteiger partial charge in [-0.25, -0.2) is 0 Å². The van der Waals surface area contributed by atoms with E-state index in [9.17, 15) is 9.59 Å². The van der Waals surface area contributed by atoms with E-state index in [0.29, 0.717) is 23.0 Å². The van der Waals surface area contributed by atoms with Crippen LogP contribution < -0.4 is 15.4 Å². The van der Waals surface area contributed by atoms with Gasteiger partial charge < -0.3 is 10.1 Å². The van der Waals surface area contributed by atoms with Gasteiger partial charge in [-0.2, -0.15) is 0 Å². The second-order valence-corrected chi connectivity index (χ2v) is 7.38. The number of carbonyl (C=O) groups excluding carboxylic acids is 2. The molecule has 3 aromatic rings. The van der Waals surface area contributed by atoms with Crippen molar-refractivity contribution in [3.63, 3.8) is 0 Å². The smallest absolute Gasteiger partial charge is 0.248 e. The van der Waals surface area contributed by atoms with Crippen LogP contribution in [0.3, 0.4) is 0 Å². The normalized spacial score (nSPS) is 11.5. The van der Waals surface area contributed by atoms with E-state index in [1.807, 2.05) is 54.6 Å². The average Bonchev–Trinajstić information content (AvgIpc) is 3.21. The molecular formula is C21H22N4O3S. The van der Waals surface area contributed by atoms with Gasteiger partial charge in [0, 0.05) is 12.0 Å². The standard InChI is InChI=1S/C21H22N4O3S/c1-14(22-18(26)13-8-15-6-4-3-5-7-15)19(27)23-21-25-24-20(29-21)16-9-11-17(28-2)12-10-16/h3-7,9-12,14H,8,13H2,1-2H3,(H,22,26)(H,23,25,27)/t14-/m0/s1. The van der Waals surface area contributed by atoms with Crippen molar-refractivity contribution < 1.29 is 14.3 Å². The van der Waals surface area contributed by atoms with Crippen molar-refractivity contribution in [2.24, 2.45) is 0 Å². The molecule has 0 aliphatic rings. The molecule has 3 rings (SSSR count). The fourth-order valence-corrected chi connectivity index (χ4v) is 3.37. The quantitative estimate of drug-likeness (QED) is 0.594. The molecule has 150 valence electrons. The number of hydrogen-bond acceptors (Lipinski definition) is 6. The molecule has 1 aromatic heterocycles. The molecule has 0 saturated heterocycles. The van der Waals surface area contributed by atoms with Crippen LogP contribution in [-0.4, -0.2) is 35.2 Å². The van der Waals surface area contributed by atoms with Crippen molar-refractivity contribution in [3.8, 4) is 16.3 Å². The van der Waals surface area contributed by atoms with Gasteiger partial charge in [-0.15, -0.1) is 10.2 Å². The molecule has 0 spiro atoms. The number of carbonyl (C=O) groups is 2. The van der Waals surface area contributed by atoms with Crippen LogP contribution in [0.25, 0.3) is 10.6 Å². The fourth-order valence-electron chi connectivity index (χ4n) is 2.62. The molecule has 1 atom stereocenters. The SMILES string of the molecule is COc1ccc(-c2nnc(NC(=O)[C@H](C)NC(=O)CCc3ccccc3)s2)cc1. The maximum absolute atomic E-state index is 12.3. The van der Waals surface area contributed by atoms with E-state index in [4.69, 9.17) is 4.74 Å². The van der Waals surface area contributed by atoms with Crippen LogP contribution in [-0.2, 0) is 16.0 Å². The van der Waals surface area contributed by atoms with Gasteiger partial charge in [0.25, 0.3) is 0 Å². The summed E-state index contributed by atoms with van der Waals surface area (Å²) in [5.41, 5.74) is 1.96. The number of hydrogen-bond donors (Lipinski definition) is 2. The van der Waals surface area contributed by atoms with Crippen LogP contribution in [0.1, 0.15) is 18.9 Å². The first-order valence-electron chi connectivity index (χ1n) is 9.17. The second kappa shape index (κ2) is 9.79. The number of rotatable bonds is 8.